The van der Waals surface area contributed by atoms with Gasteiger partial charge in [-0.1, -0.05) is 38.8 Å². The van der Waals surface area contributed by atoms with E-state index in [0.29, 0.717) is 12.0 Å². The maximum atomic E-state index is 5.49. The largest absolute Gasteiger partial charge is 0.359 e. The zero-order valence-corrected chi connectivity index (χ0v) is 13.8. The van der Waals surface area contributed by atoms with Crippen molar-refractivity contribution >= 4 is 23.0 Å². The van der Waals surface area contributed by atoms with E-state index < -0.39 is 0 Å². The van der Waals surface area contributed by atoms with Crippen molar-refractivity contribution in [2.24, 2.45) is 11.8 Å². The lowest BCUT2D eigenvalue weighted by Crippen LogP contribution is -2.45. The summed E-state index contributed by atoms with van der Waals surface area (Å²) in [6.07, 6.45) is 3.87. The van der Waals surface area contributed by atoms with Crippen molar-refractivity contribution in [1.29, 1.82) is 0 Å². The number of anilines is 1. The van der Waals surface area contributed by atoms with Gasteiger partial charge in [0.2, 0.25) is 0 Å². The molecule has 0 aromatic heterocycles. The van der Waals surface area contributed by atoms with Gasteiger partial charge in [0.1, 0.15) is 0 Å². The summed E-state index contributed by atoms with van der Waals surface area (Å²) in [5.74, 6) is 1.46. The molecule has 1 aromatic carbocycles. The van der Waals surface area contributed by atoms with Crippen LogP contribution in [0.2, 0.25) is 0 Å². The topological polar surface area (TPSA) is 24.1 Å². The zero-order chi connectivity index (χ0) is 14.7. The van der Waals surface area contributed by atoms with Gasteiger partial charge in [-0.15, -0.1) is 0 Å². The maximum absolute atomic E-state index is 5.49. The second-order valence-electron chi connectivity index (χ2n) is 6.22. The van der Waals surface area contributed by atoms with Crippen molar-refractivity contribution in [1.82, 2.24) is 5.32 Å². The van der Waals surface area contributed by atoms with Crippen LogP contribution < -0.4 is 10.6 Å². The van der Waals surface area contributed by atoms with Gasteiger partial charge in [0, 0.05) is 11.7 Å². The van der Waals surface area contributed by atoms with Crippen molar-refractivity contribution in [3.63, 3.8) is 0 Å². The van der Waals surface area contributed by atoms with Crippen molar-refractivity contribution < 1.29 is 0 Å². The van der Waals surface area contributed by atoms with E-state index in [4.69, 9.17) is 12.2 Å². The molecular weight excluding hydrogens is 264 g/mol. The van der Waals surface area contributed by atoms with E-state index in [1.165, 1.54) is 30.4 Å². The van der Waals surface area contributed by atoms with Gasteiger partial charge in [0.05, 0.1) is 0 Å². The average Bonchev–Trinajstić information content (AvgIpc) is 2.40. The zero-order valence-electron chi connectivity index (χ0n) is 13.0. The van der Waals surface area contributed by atoms with Crippen molar-refractivity contribution in [2.75, 3.05) is 5.32 Å². The second kappa shape index (κ2) is 6.57. The van der Waals surface area contributed by atoms with Crippen LogP contribution in [0.4, 0.5) is 5.69 Å². The summed E-state index contributed by atoms with van der Waals surface area (Å²) in [5.41, 5.74) is 3.66. The monoisotopic (exact) mass is 290 g/mol. The van der Waals surface area contributed by atoms with Gasteiger partial charge in [-0.25, -0.2) is 0 Å². The quantitative estimate of drug-likeness (QED) is 0.789. The van der Waals surface area contributed by atoms with Gasteiger partial charge in [0.25, 0.3) is 0 Å². The van der Waals surface area contributed by atoms with E-state index >= 15 is 0 Å². The normalized spacial score (nSPS) is 26.1. The molecule has 0 amide bonds. The van der Waals surface area contributed by atoms with Gasteiger partial charge >= 0.3 is 0 Å². The lowest BCUT2D eigenvalue weighted by atomic mass is 9.78. The molecule has 0 bridgehead atoms. The Kier molecular flexibility index (Phi) is 5.03. The van der Waals surface area contributed by atoms with Gasteiger partial charge in [0.15, 0.2) is 5.11 Å². The summed E-state index contributed by atoms with van der Waals surface area (Å²) in [6.45, 7) is 8.94. The Morgan fingerprint density at radius 1 is 1.20 bits per heavy atom. The third-order valence-corrected chi connectivity index (χ3v) is 5.10. The minimum atomic E-state index is 0.504. The number of rotatable bonds is 2. The number of hydrogen-bond acceptors (Lipinski definition) is 1. The Hall–Kier alpha value is -1.09. The van der Waals surface area contributed by atoms with Crippen LogP contribution in [0.25, 0.3) is 0 Å². The third-order valence-electron chi connectivity index (χ3n) is 4.88. The fraction of sp³-hybridized carbons (Fsp3) is 0.588. The number of aryl methyl sites for hydroxylation is 1. The summed E-state index contributed by atoms with van der Waals surface area (Å²) in [5, 5.41) is 7.62. The van der Waals surface area contributed by atoms with E-state index in [1.54, 1.807) is 0 Å². The Labute approximate surface area is 128 Å². The van der Waals surface area contributed by atoms with E-state index in [9.17, 15) is 0 Å². The molecule has 3 atom stereocenters. The van der Waals surface area contributed by atoms with Crippen molar-refractivity contribution in [3.8, 4) is 0 Å². The van der Waals surface area contributed by atoms with Crippen LogP contribution in [0.3, 0.4) is 0 Å². The van der Waals surface area contributed by atoms with Crippen LogP contribution in [0.15, 0.2) is 18.2 Å². The number of hydrogen-bond donors (Lipinski definition) is 2. The maximum Gasteiger partial charge on any atom is 0.171 e. The molecule has 1 aliphatic rings. The van der Waals surface area contributed by atoms with Gasteiger partial charge in [-0.3, -0.25) is 0 Å². The number of benzene rings is 1. The van der Waals surface area contributed by atoms with Crippen molar-refractivity contribution in [3.05, 3.63) is 29.3 Å². The van der Waals surface area contributed by atoms with Crippen LogP contribution in [0.5, 0.6) is 0 Å². The summed E-state index contributed by atoms with van der Waals surface area (Å²) in [6, 6.07) is 6.79. The number of thiocarbonyl (C=S) groups is 1. The predicted octanol–water partition coefficient (Wildman–Crippen LogP) is 4.41. The smallest absolute Gasteiger partial charge is 0.171 e. The van der Waals surface area contributed by atoms with Gasteiger partial charge in [-0.2, -0.15) is 0 Å². The van der Waals surface area contributed by atoms with Gasteiger partial charge in [-0.05, 0) is 61.5 Å². The number of nitrogens with one attached hydrogen (secondary N) is 2. The Morgan fingerprint density at radius 3 is 2.70 bits per heavy atom. The molecule has 2 rings (SSSR count). The molecular formula is C17H26N2S. The summed E-state index contributed by atoms with van der Waals surface area (Å²) >= 11 is 5.49. The second-order valence-corrected chi connectivity index (χ2v) is 6.63. The molecule has 1 fully saturated rings. The highest BCUT2D eigenvalue weighted by Crippen LogP contribution is 2.29. The molecule has 110 valence electrons. The van der Waals surface area contributed by atoms with Crippen molar-refractivity contribution in [2.45, 2.75) is 53.0 Å². The van der Waals surface area contributed by atoms with Gasteiger partial charge < -0.3 is 10.6 Å². The van der Waals surface area contributed by atoms with Crippen LogP contribution in [-0.4, -0.2) is 11.2 Å². The SMILES string of the molecule is Cc1cccc(NC(=S)NC2CCCC(C)C2C)c1C. The molecule has 0 saturated heterocycles. The molecule has 20 heavy (non-hydrogen) atoms. The van der Waals surface area contributed by atoms with Crippen LogP contribution >= 0.6 is 12.2 Å². The Bertz CT molecular complexity index is 484. The predicted molar refractivity (Wildman–Crippen MR) is 91.2 cm³/mol. The first-order valence-electron chi connectivity index (χ1n) is 7.62. The molecule has 0 aliphatic heterocycles. The van der Waals surface area contributed by atoms with Crippen LogP contribution in [-0.2, 0) is 0 Å². The average molecular weight is 290 g/mol. The molecule has 1 aromatic rings. The highest BCUT2D eigenvalue weighted by molar-refractivity contribution is 7.80. The molecule has 2 nitrogen and oxygen atoms in total. The first-order chi connectivity index (χ1) is 9.49. The first-order valence-corrected chi connectivity index (χ1v) is 8.03. The van der Waals surface area contributed by atoms with Crippen LogP contribution in [0, 0.1) is 25.7 Å². The fourth-order valence-corrected chi connectivity index (χ4v) is 3.26. The molecule has 0 spiro atoms. The molecule has 3 unspecified atom stereocenters. The fourth-order valence-electron chi connectivity index (χ4n) is 3.00. The molecule has 1 saturated carbocycles. The minimum Gasteiger partial charge on any atom is -0.359 e. The molecule has 0 heterocycles. The van der Waals surface area contributed by atoms with E-state index in [1.807, 2.05) is 0 Å². The first kappa shape index (κ1) is 15.3. The van der Waals surface area contributed by atoms with E-state index in [-0.39, 0.29) is 0 Å². The Morgan fingerprint density at radius 2 is 1.95 bits per heavy atom. The molecule has 1 aliphatic carbocycles. The molecule has 0 radical (unpaired) electrons. The van der Waals surface area contributed by atoms with E-state index in [0.717, 1.165) is 16.7 Å². The standard InChI is InChI=1S/C17H26N2S/c1-11-7-5-9-15(13(11)3)18-17(20)19-16-10-6-8-12(2)14(16)4/h5,7,9,12,14,16H,6,8,10H2,1-4H3,(H2,18,19,20). The lowest BCUT2D eigenvalue weighted by Gasteiger charge is -2.35. The summed E-state index contributed by atoms with van der Waals surface area (Å²) < 4.78 is 0. The highest BCUT2D eigenvalue weighted by atomic mass is 32.1. The molecule has 2 N–H and O–H groups in total. The highest BCUT2D eigenvalue weighted by Gasteiger charge is 2.27. The molecule has 3 heteroatoms. The minimum absolute atomic E-state index is 0.504. The third kappa shape index (κ3) is 3.51. The van der Waals surface area contributed by atoms with E-state index in [2.05, 4.69) is 56.5 Å². The summed E-state index contributed by atoms with van der Waals surface area (Å²) in [4.78, 5) is 0. The Balaban J connectivity index is 1.97. The van der Waals surface area contributed by atoms with Crippen LogP contribution in [0.1, 0.15) is 44.2 Å². The summed E-state index contributed by atoms with van der Waals surface area (Å²) in [7, 11) is 0. The lowest BCUT2D eigenvalue weighted by molar-refractivity contribution is 0.225.